The number of benzene rings is 1. The molecule has 0 spiro atoms. The van der Waals surface area contributed by atoms with Crippen molar-refractivity contribution in [2.24, 2.45) is 0 Å². The first-order valence-corrected chi connectivity index (χ1v) is 3.65. The summed E-state index contributed by atoms with van der Waals surface area (Å²) in [6.45, 7) is 0.0723. The number of rotatable bonds is 2. The molecule has 1 N–H and O–H groups in total. The van der Waals surface area contributed by atoms with Gasteiger partial charge in [0.25, 0.3) is 0 Å². The SMILES string of the molecule is OCc1ccccc1CCl. The standard InChI is InChI=1S/C8H9ClO/c9-5-7-3-1-2-4-8(7)6-10/h1-4,10H,5-6H2. The Kier molecular flexibility index (Phi) is 2.72. The number of halogens is 1. The van der Waals surface area contributed by atoms with Gasteiger partial charge < -0.3 is 5.11 Å². The Bertz CT molecular complexity index is 187. The van der Waals surface area contributed by atoms with Gasteiger partial charge in [-0.05, 0) is 11.1 Å². The summed E-state index contributed by atoms with van der Waals surface area (Å²) in [4.78, 5) is 0. The summed E-state index contributed by atoms with van der Waals surface area (Å²) in [7, 11) is 0. The van der Waals surface area contributed by atoms with Crippen LogP contribution in [0.3, 0.4) is 0 Å². The molecule has 0 heterocycles. The van der Waals surface area contributed by atoms with E-state index in [0.29, 0.717) is 5.88 Å². The molecule has 1 aromatic rings. The van der Waals surface area contributed by atoms with Crippen LogP contribution in [-0.4, -0.2) is 5.11 Å². The van der Waals surface area contributed by atoms with Crippen LogP contribution in [0.4, 0.5) is 0 Å². The molecule has 0 aliphatic rings. The summed E-state index contributed by atoms with van der Waals surface area (Å²) in [6, 6.07) is 7.59. The molecule has 0 radical (unpaired) electrons. The Morgan fingerprint density at radius 2 is 1.80 bits per heavy atom. The minimum Gasteiger partial charge on any atom is -0.392 e. The van der Waals surface area contributed by atoms with Crippen molar-refractivity contribution in [3.8, 4) is 0 Å². The largest absolute Gasteiger partial charge is 0.392 e. The average molecular weight is 157 g/mol. The molecular formula is C8H9ClO. The van der Waals surface area contributed by atoms with E-state index in [1.807, 2.05) is 24.3 Å². The number of aliphatic hydroxyl groups excluding tert-OH is 1. The first kappa shape index (κ1) is 7.58. The molecule has 1 nitrogen and oxygen atoms in total. The van der Waals surface area contributed by atoms with Crippen LogP contribution in [0.1, 0.15) is 11.1 Å². The van der Waals surface area contributed by atoms with Crippen molar-refractivity contribution in [2.75, 3.05) is 0 Å². The van der Waals surface area contributed by atoms with Gasteiger partial charge in [0.05, 0.1) is 6.61 Å². The quantitative estimate of drug-likeness (QED) is 0.649. The van der Waals surface area contributed by atoms with Crippen molar-refractivity contribution in [1.82, 2.24) is 0 Å². The van der Waals surface area contributed by atoms with Gasteiger partial charge in [-0.15, -0.1) is 11.6 Å². The molecule has 54 valence electrons. The highest BCUT2D eigenvalue weighted by Crippen LogP contribution is 2.10. The van der Waals surface area contributed by atoms with Crippen LogP contribution in [-0.2, 0) is 12.5 Å². The van der Waals surface area contributed by atoms with E-state index in [1.165, 1.54) is 0 Å². The minimum atomic E-state index is 0.0723. The van der Waals surface area contributed by atoms with Crippen LogP contribution in [0.15, 0.2) is 24.3 Å². The minimum absolute atomic E-state index is 0.0723. The molecule has 0 atom stereocenters. The fourth-order valence-corrected chi connectivity index (χ4v) is 1.10. The predicted molar refractivity (Wildman–Crippen MR) is 41.9 cm³/mol. The van der Waals surface area contributed by atoms with Crippen LogP contribution in [0.25, 0.3) is 0 Å². The van der Waals surface area contributed by atoms with E-state index in [4.69, 9.17) is 16.7 Å². The van der Waals surface area contributed by atoms with E-state index in [0.717, 1.165) is 11.1 Å². The molecule has 10 heavy (non-hydrogen) atoms. The number of hydrogen-bond acceptors (Lipinski definition) is 1. The number of aliphatic hydroxyl groups is 1. The van der Waals surface area contributed by atoms with Gasteiger partial charge in [0, 0.05) is 5.88 Å². The molecule has 1 rings (SSSR count). The summed E-state index contributed by atoms with van der Waals surface area (Å²) < 4.78 is 0. The normalized spacial score (nSPS) is 9.80. The van der Waals surface area contributed by atoms with Gasteiger partial charge in [-0.3, -0.25) is 0 Å². The van der Waals surface area contributed by atoms with Crippen molar-refractivity contribution in [3.05, 3.63) is 35.4 Å². The Balaban J connectivity index is 2.96. The second-order valence-corrected chi connectivity index (χ2v) is 2.33. The van der Waals surface area contributed by atoms with Crippen LogP contribution < -0.4 is 0 Å². The fourth-order valence-electron chi connectivity index (χ4n) is 0.842. The zero-order valence-corrected chi connectivity index (χ0v) is 6.30. The van der Waals surface area contributed by atoms with Gasteiger partial charge >= 0.3 is 0 Å². The summed E-state index contributed by atoms with van der Waals surface area (Å²) in [5, 5.41) is 8.79. The third-order valence-electron chi connectivity index (χ3n) is 1.43. The third-order valence-corrected chi connectivity index (χ3v) is 1.72. The highest BCUT2D eigenvalue weighted by molar-refractivity contribution is 6.17. The van der Waals surface area contributed by atoms with Crippen molar-refractivity contribution >= 4 is 11.6 Å². The lowest BCUT2D eigenvalue weighted by Gasteiger charge is -2.00. The second-order valence-electron chi connectivity index (χ2n) is 2.06. The molecule has 0 unspecified atom stereocenters. The highest BCUT2D eigenvalue weighted by Gasteiger charge is 1.96. The lowest BCUT2D eigenvalue weighted by molar-refractivity contribution is 0.281. The molecule has 0 bridgehead atoms. The van der Waals surface area contributed by atoms with E-state index in [2.05, 4.69) is 0 Å². The van der Waals surface area contributed by atoms with E-state index in [9.17, 15) is 0 Å². The average Bonchev–Trinajstić information content (AvgIpc) is 2.04. The lowest BCUT2D eigenvalue weighted by atomic mass is 10.1. The predicted octanol–water partition coefficient (Wildman–Crippen LogP) is 1.92. The maximum Gasteiger partial charge on any atom is 0.0684 e. The van der Waals surface area contributed by atoms with E-state index < -0.39 is 0 Å². The summed E-state index contributed by atoms with van der Waals surface area (Å²) in [5.74, 6) is 0.469. The zero-order valence-electron chi connectivity index (χ0n) is 5.55. The van der Waals surface area contributed by atoms with Crippen molar-refractivity contribution in [3.63, 3.8) is 0 Å². The Hall–Kier alpha value is -0.530. The lowest BCUT2D eigenvalue weighted by Crippen LogP contribution is -1.89. The van der Waals surface area contributed by atoms with Gasteiger partial charge in [0.15, 0.2) is 0 Å². The molecule has 0 fully saturated rings. The summed E-state index contributed by atoms with van der Waals surface area (Å²) in [5.41, 5.74) is 1.92. The maximum atomic E-state index is 8.79. The molecular weight excluding hydrogens is 148 g/mol. The number of hydrogen-bond donors (Lipinski definition) is 1. The van der Waals surface area contributed by atoms with E-state index in [1.54, 1.807) is 0 Å². The molecule has 0 amide bonds. The molecule has 0 aliphatic heterocycles. The van der Waals surface area contributed by atoms with Gasteiger partial charge in [-0.1, -0.05) is 24.3 Å². The van der Waals surface area contributed by atoms with Crippen molar-refractivity contribution in [2.45, 2.75) is 12.5 Å². The summed E-state index contributed by atoms with van der Waals surface area (Å²) in [6.07, 6.45) is 0. The molecule has 2 heteroatoms. The monoisotopic (exact) mass is 156 g/mol. The zero-order chi connectivity index (χ0) is 7.40. The molecule has 1 aromatic carbocycles. The third kappa shape index (κ3) is 1.49. The van der Waals surface area contributed by atoms with Crippen LogP contribution in [0.5, 0.6) is 0 Å². The van der Waals surface area contributed by atoms with Gasteiger partial charge in [0.2, 0.25) is 0 Å². The second kappa shape index (κ2) is 3.59. The van der Waals surface area contributed by atoms with Crippen LogP contribution in [0, 0.1) is 0 Å². The van der Waals surface area contributed by atoms with Crippen molar-refractivity contribution in [1.29, 1.82) is 0 Å². The molecule has 0 aliphatic carbocycles. The molecule has 0 saturated carbocycles. The Morgan fingerprint density at radius 3 is 2.20 bits per heavy atom. The van der Waals surface area contributed by atoms with Crippen LogP contribution >= 0.6 is 11.6 Å². The Morgan fingerprint density at radius 1 is 1.20 bits per heavy atom. The fraction of sp³-hybridized carbons (Fsp3) is 0.250. The topological polar surface area (TPSA) is 20.2 Å². The van der Waals surface area contributed by atoms with Crippen LogP contribution in [0.2, 0.25) is 0 Å². The first-order chi connectivity index (χ1) is 4.88. The first-order valence-electron chi connectivity index (χ1n) is 3.12. The van der Waals surface area contributed by atoms with Gasteiger partial charge in [-0.2, -0.15) is 0 Å². The van der Waals surface area contributed by atoms with Gasteiger partial charge in [-0.25, -0.2) is 0 Å². The molecule has 0 saturated heterocycles. The smallest absolute Gasteiger partial charge is 0.0684 e. The van der Waals surface area contributed by atoms with Crippen molar-refractivity contribution < 1.29 is 5.11 Å². The summed E-state index contributed by atoms with van der Waals surface area (Å²) >= 11 is 5.60. The van der Waals surface area contributed by atoms with E-state index >= 15 is 0 Å². The van der Waals surface area contributed by atoms with E-state index in [-0.39, 0.29) is 6.61 Å². The molecule has 0 aromatic heterocycles. The highest BCUT2D eigenvalue weighted by atomic mass is 35.5. The Labute approximate surface area is 65.3 Å². The maximum absolute atomic E-state index is 8.79. The number of alkyl halides is 1. The van der Waals surface area contributed by atoms with Gasteiger partial charge in [0.1, 0.15) is 0 Å².